The number of anilines is 1. The molecule has 8 heteroatoms. The number of carbonyl (C=O) groups is 2. The van der Waals surface area contributed by atoms with Gasteiger partial charge in [0.15, 0.2) is 0 Å². The Bertz CT molecular complexity index is 1600. The Balaban J connectivity index is 1.23. The van der Waals surface area contributed by atoms with Crippen molar-refractivity contribution in [1.29, 1.82) is 0 Å². The van der Waals surface area contributed by atoms with Gasteiger partial charge in [-0.05, 0) is 106 Å². The van der Waals surface area contributed by atoms with Crippen LogP contribution in [-0.2, 0) is 16.0 Å². The van der Waals surface area contributed by atoms with Crippen molar-refractivity contribution in [1.82, 2.24) is 14.9 Å². The zero-order valence-corrected chi connectivity index (χ0v) is 27.1. The molecular formula is C35H41BrN4O3. The van der Waals surface area contributed by atoms with Crippen LogP contribution in [0.15, 0.2) is 59.2 Å². The van der Waals surface area contributed by atoms with E-state index in [-0.39, 0.29) is 11.8 Å². The van der Waals surface area contributed by atoms with E-state index in [1.54, 1.807) is 0 Å². The molecule has 5 rings (SSSR count). The number of carbonyl (C=O) groups excluding carboxylic acids is 1. The first kappa shape index (κ1) is 30.8. The second kappa shape index (κ2) is 13.3. The van der Waals surface area contributed by atoms with Crippen LogP contribution in [0, 0.1) is 33.6 Å². The molecule has 43 heavy (non-hydrogen) atoms. The molecule has 1 amide bonds. The fourth-order valence-electron chi connectivity index (χ4n) is 6.52. The number of nitrogens with zero attached hydrogens (tertiary/aromatic N) is 3. The van der Waals surface area contributed by atoms with Crippen LogP contribution in [0.5, 0.6) is 0 Å². The largest absolute Gasteiger partial charge is 0.480 e. The van der Waals surface area contributed by atoms with Gasteiger partial charge in [0, 0.05) is 46.9 Å². The van der Waals surface area contributed by atoms with E-state index in [0.29, 0.717) is 19.3 Å². The van der Waals surface area contributed by atoms with Crippen molar-refractivity contribution in [2.24, 2.45) is 5.92 Å². The minimum Gasteiger partial charge on any atom is -0.480 e. The number of halogens is 1. The molecular weight excluding hydrogens is 604 g/mol. The maximum absolute atomic E-state index is 12.9. The molecule has 1 aliphatic heterocycles. The molecule has 4 aromatic rings. The van der Waals surface area contributed by atoms with Gasteiger partial charge in [-0.15, -0.1) is 0 Å². The van der Waals surface area contributed by atoms with Gasteiger partial charge in [0.1, 0.15) is 11.7 Å². The molecule has 2 N–H and O–H groups in total. The van der Waals surface area contributed by atoms with Crippen molar-refractivity contribution < 1.29 is 14.7 Å². The third-order valence-corrected chi connectivity index (χ3v) is 9.07. The molecule has 1 fully saturated rings. The number of carboxylic acid groups (broad SMARTS) is 1. The molecule has 0 saturated carbocycles. The van der Waals surface area contributed by atoms with E-state index in [1.165, 1.54) is 33.3 Å². The van der Waals surface area contributed by atoms with Gasteiger partial charge in [0.05, 0.1) is 5.69 Å². The number of aliphatic carboxylic acids is 1. The van der Waals surface area contributed by atoms with Gasteiger partial charge in [-0.25, -0.2) is 9.78 Å². The van der Waals surface area contributed by atoms with E-state index in [4.69, 9.17) is 4.98 Å². The van der Waals surface area contributed by atoms with E-state index >= 15 is 0 Å². The van der Waals surface area contributed by atoms with E-state index in [9.17, 15) is 14.7 Å². The highest BCUT2D eigenvalue weighted by molar-refractivity contribution is 9.10. The quantitative estimate of drug-likeness (QED) is 0.190. The Kier molecular flexibility index (Phi) is 9.55. The number of fused-ring (bicyclic) bond motifs is 1. The number of benzene rings is 2. The smallest absolute Gasteiger partial charge is 0.326 e. The minimum absolute atomic E-state index is 0.166. The SMILES string of the molecule is Cc1cc(N2CCC(CC(=O)N[C@@H](CCCc3ccccc3)C(=O)O)CC2)c2c(C)cn(-c3c(C)cc(Br)cc3C)c2n1. The molecule has 0 spiro atoms. The number of hydrogen-bond donors (Lipinski definition) is 2. The highest BCUT2D eigenvalue weighted by Crippen LogP contribution is 2.36. The van der Waals surface area contributed by atoms with Crippen LogP contribution in [-0.4, -0.2) is 45.7 Å². The summed E-state index contributed by atoms with van der Waals surface area (Å²) in [4.78, 5) is 32.1. The van der Waals surface area contributed by atoms with Crippen LogP contribution in [0.2, 0.25) is 0 Å². The second-order valence-corrected chi connectivity index (χ2v) is 12.9. The van der Waals surface area contributed by atoms with Crippen molar-refractivity contribution in [3.8, 4) is 5.69 Å². The molecule has 0 radical (unpaired) electrons. The summed E-state index contributed by atoms with van der Waals surface area (Å²) in [6.45, 7) is 10.2. The van der Waals surface area contributed by atoms with Crippen molar-refractivity contribution in [3.63, 3.8) is 0 Å². The molecule has 0 unspecified atom stereocenters. The summed E-state index contributed by atoms with van der Waals surface area (Å²) in [5.41, 5.74) is 9.04. The molecule has 1 aliphatic rings. The molecule has 0 aliphatic carbocycles. The molecule has 3 heterocycles. The summed E-state index contributed by atoms with van der Waals surface area (Å²) < 4.78 is 3.30. The molecule has 1 atom stereocenters. The zero-order valence-electron chi connectivity index (χ0n) is 25.5. The van der Waals surface area contributed by atoms with Gasteiger partial charge < -0.3 is 19.9 Å². The van der Waals surface area contributed by atoms with Crippen LogP contribution in [0.1, 0.15) is 60.1 Å². The van der Waals surface area contributed by atoms with Gasteiger partial charge in [-0.3, -0.25) is 4.79 Å². The lowest BCUT2D eigenvalue weighted by Gasteiger charge is -2.34. The minimum atomic E-state index is -0.968. The van der Waals surface area contributed by atoms with Crippen molar-refractivity contribution >= 4 is 44.5 Å². The number of piperidine rings is 1. The highest BCUT2D eigenvalue weighted by Gasteiger charge is 2.27. The molecule has 2 aromatic heterocycles. The number of hydrogen-bond acceptors (Lipinski definition) is 4. The lowest BCUT2D eigenvalue weighted by Crippen LogP contribution is -2.42. The lowest BCUT2D eigenvalue weighted by atomic mass is 9.92. The predicted molar refractivity (Wildman–Crippen MR) is 176 cm³/mol. The standard InChI is InChI=1S/C35H41BrN4O3/c1-22-17-28(36)18-23(2)33(22)40-21-24(3)32-30(19-25(4)37-34(32)40)39-15-13-27(14-16-39)20-31(41)38-29(35(42)43)12-8-11-26-9-6-5-7-10-26/h5-7,9-10,17-19,21,27,29H,8,11-16,20H2,1-4H3,(H,38,41)(H,42,43)/t29-/m0/s1. The number of carboxylic acids is 1. The Morgan fingerprint density at radius 3 is 2.35 bits per heavy atom. The molecule has 7 nitrogen and oxygen atoms in total. The van der Waals surface area contributed by atoms with Gasteiger partial charge in [0.2, 0.25) is 5.91 Å². The zero-order chi connectivity index (χ0) is 30.7. The maximum Gasteiger partial charge on any atom is 0.326 e. The van der Waals surface area contributed by atoms with Gasteiger partial charge in [-0.2, -0.15) is 0 Å². The normalized spacial score (nSPS) is 14.7. The average molecular weight is 646 g/mol. The Labute approximate surface area is 262 Å². The van der Waals surface area contributed by atoms with Crippen LogP contribution < -0.4 is 10.2 Å². The van der Waals surface area contributed by atoms with Crippen LogP contribution in [0.25, 0.3) is 16.7 Å². The summed E-state index contributed by atoms with van der Waals surface area (Å²) in [5, 5.41) is 13.7. The third kappa shape index (κ3) is 7.12. The highest BCUT2D eigenvalue weighted by atomic mass is 79.9. The van der Waals surface area contributed by atoms with Crippen LogP contribution in [0.3, 0.4) is 0 Å². The first-order chi connectivity index (χ1) is 20.6. The number of aryl methyl sites for hydroxylation is 5. The number of rotatable bonds is 10. The van der Waals surface area contributed by atoms with Gasteiger partial charge in [0.25, 0.3) is 0 Å². The van der Waals surface area contributed by atoms with Crippen molar-refractivity contribution in [2.75, 3.05) is 18.0 Å². The topological polar surface area (TPSA) is 87.5 Å². The Morgan fingerprint density at radius 2 is 1.70 bits per heavy atom. The summed E-state index contributed by atoms with van der Waals surface area (Å²) in [5.74, 6) is -0.905. The van der Waals surface area contributed by atoms with E-state index in [1.807, 2.05) is 37.3 Å². The fourth-order valence-corrected chi connectivity index (χ4v) is 7.21. The summed E-state index contributed by atoms with van der Waals surface area (Å²) in [6.07, 6.45) is 6.25. The molecule has 2 aromatic carbocycles. The number of amides is 1. The number of nitrogens with one attached hydrogen (secondary N) is 1. The van der Waals surface area contributed by atoms with E-state index in [0.717, 1.165) is 53.9 Å². The molecule has 226 valence electrons. The monoisotopic (exact) mass is 644 g/mol. The number of pyridine rings is 1. The van der Waals surface area contributed by atoms with E-state index < -0.39 is 12.0 Å². The van der Waals surface area contributed by atoms with Gasteiger partial charge >= 0.3 is 5.97 Å². The first-order valence-corrected chi connectivity index (χ1v) is 16.0. The Hall–Kier alpha value is -3.65. The van der Waals surface area contributed by atoms with Crippen LogP contribution in [0.4, 0.5) is 5.69 Å². The van der Waals surface area contributed by atoms with Crippen molar-refractivity contribution in [2.45, 2.75) is 72.3 Å². The summed E-state index contributed by atoms with van der Waals surface area (Å²) in [6, 6.07) is 15.6. The van der Waals surface area contributed by atoms with E-state index in [2.05, 4.69) is 75.9 Å². The first-order valence-electron chi connectivity index (χ1n) is 15.2. The third-order valence-electron chi connectivity index (χ3n) is 8.61. The fraction of sp³-hybridized carbons (Fsp3) is 0.400. The molecule has 1 saturated heterocycles. The number of aromatic nitrogens is 2. The second-order valence-electron chi connectivity index (χ2n) is 12.0. The average Bonchev–Trinajstić information content (AvgIpc) is 3.27. The van der Waals surface area contributed by atoms with Crippen molar-refractivity contribution in [3.05, 3.63) is 87.1 Å². The predicted octanol–water partition coefficient (Wildman–Crippen LogP) is 7.22. The summed E-state index contributed by atoms with van der Waals surface area (Å²) >= 11 is 3.62. The maximum atomic E-state index is 12.9. The van der Waals surface area contributed by atoms with Crippen LogP contribution >= 0.6 is 15.9 Å². The Morgan fingerprint density at radius 1 is 1.02 bits per heavy atom. The molecule has 0 bridgehead atoms. The van der Waals surface area contributed by atoms with Gasteiger partial charge in [-0.1, -0.05) is 46.3 Å². The summed E-state index contributed by atoms with van der Waals surface area (Å²) in [7, 11) is 0. The lowest BCUT2D eigenvalue weighted by molar-refractivity contribution is -0.142.